The van der Waals surface area contributed by atoms with E-state index >= 15 is 0 Å². The van der Waals surface area contributed by atoms with Gasteiger partial charge in [-0.2, -0.15) is 0 Å². The zero-order chi connectivity index (χ0) is 18.4. The van der Waals surface area contributed by atoms with Gasteiger partial charge in [0, 0.05) is 22.9 Å². The normalized spacial score (nSPS) is 19.4. The first-order valence-corrected chi connectivity index (χ1v) is 10.7. The molecule has 2 fully saturated rings. The Bertz CT molecular complexity index is 637. The number of rotatable bonds is 7. The summed E-state index contributed by atoms with van der Waals surface area (Å²) >= 11 is 3.53. The van der Waals surface area contributed by atoms with Crippen LogP contribution in [0.1, 0.15) is 63.4 Å². The summed E-state index contributed by atoms with van der Waals surface area (Å²) in [5, 5.41) is 5.83. The summed E-state index contributed by atoms with van der Waals surface area (Å²) in [6.45, 7) is 0.723. The van der Waals surface area contributed by atoms with Crippen molar-refractivity contribution >= 4 is 27.7 Å². The van der Waals surface area contributed by atoms with Crippen molar-refractivity contribution in [2.45, 2.75) is 63.2 Å². The Morgan fingerprint density at radius 1 is 1.04 bits per heavy atom. The first-order valence-electron chi connectivity index (χ1n) is 9.87. The Morgan fingerprint density at radius 2 is 1.81 bits per heavy atom. The van der Waals surface area contributed by atoms with Gasteiger partial charge in [-0.15, -0.1) is 0 Å². The molecule has 0 radical (unpaired) electrons. The first-order chi connectivity index (χ1) is 12.6. The van der Waals surface area contributed by atoms with Crippen LogP contribution in [0.3, 0.4) is 0 Å². The van der Waals surface area contributed by atoms with Gasteiger partial charge in [0.2, 0.25) is 11.8 Å². The lowest BCUT2D eigenvalue weighted by molar-refractivity contribution is -0.127. The van der Waals surface area contributed by atoms with Crippen LogP contribution in [0, 0.1) is 5.92 Å². The predicted molar refractivity (Wildman–Crippen MR) is 107 cm³/mol. The topological polar surface area (TPSA) is 58.2 Å². The zero-order valence-electron chi connectivity index (χ0n) is 15.4. The lowest BCUT2D eigenvalue weighted by Crippen LogP contribution is -2.47. The van der Waals surface area contributed by atoms with Gasteiger partial charge in [0.25, 0.3) is 0 Å². The van der Waals surface area contributed by atoms with Gasteiger partial charge in [-0.25, -0.2) is 0 Å². The van der Waals surface area contributed by atoms with Crippen molar-refractivity contribution in [3.05, 3.63) is 34.3 Å². The monoisotopic (exact) mass is 420 g/mol. The molecular formula is C21H29BrN2O2. The summed E-state index contributed by atoms with van der Waals surface area (Å²) in [4.78, 5) is 24.2. The van der Waals surface area contributed by atoms with Crippen molar-refractivity contribution in [2.75, 3.05) is 13.1 Å². The minimum atomic E-state index is -0.0942. The quantitative estimate of drug-likeness (QED) is 0.697. The summed E-state index contributed by atoms with van der Waals surface area (Å²) in [5.74, 6) is 0.419. The number of hydrogen-bond donors (Lipinski definition) is 2. The highest BCUT2D eigenvalue weighted by Crippen LogP contribution is 2.43. The number of nitrogens with one attached hydrogen (secondary N) is 2. The fourth-order valence-corrected chi connectivity index (χ4v) is 4.62. The number of carbonyl (C=O) groups is 2. The average molecular weight is 421 g/mol. The van der Waals surface area contributed by atoms with Crippen LogP contribution in [0.5, 0.6) is 0 Å². The van der Waals surface area contributed by atoms with Gasteiger partial charge in [-0.3, -0.25) is 9.59 Å². The van der Waals surface area contributed by atoms with E-state index < -0.39 is 0 Å². The highest BCUT2D eigenvalue weighted by Gasteiger charge is 2.38. The molecule has 0 saturated heterocycles. The Balaban J connectivity index is 1.42. The Morgan fingerprint density at radius 3 is 2.46 bits per heavy atom. The van der Waals surface area contributed by atoms with E-state index in [1.807, 2.05) is 12.1 Å². The molecule has 0 unspecified atom stereocenters. The Kier molecular flexibility index (Phi) is 6.74. The standard InChI is InChI=1S/C21H29BrN2O2/c22-18-9-4-8-17(13-18)21(10-5-11-21)15-24-20(26)14-23-19(25)12-16-6-2-1-3-7-16/h4,8-9,13,16H,1-3,5-7,10-12,14-15H2,(H,23,25)(H,24,26). The van der Waals surface area contributed by atoms with Gasteiger partial charge in [-0.1, -0.05) is 53.7 Å². The molecule has 4 nitrogen and oxygen atoms in total. The molecule has 2 N–H and O–H groups in total. The molecule has 2 saturated carbocycles. The van der Waals surface area contributed by atoms with Gasteiger partial charge >= 0.3 is 0 Å². The molecule has 0 spiro atoms. The number of carbonyl (C=O) groups excluding carboxylic acids is 2. The van der Waals surface area contributed by atoms with Crippen LogP contribution >= 0.6 is 15.9 Å². The number of halogens is 1. The summed E-state index contributed by atoms with van der Waals surface area (Å²) in [5.41, 5.74) is 1.32. The molecule has 0 bridgehead atoms. The third-order valence-corrected chi connectivity index (χ3v) is 6.51. The van der Waals surface area contributed by atoms with Gasteiger partial charge in [0.1, 0.15) is 0 Å². The maximum atomic E-state index is 12.2. The molecule has 0 heterocycles. The average Bonchev–Trinajstić information content (AvgIpc) is 2.60. The Hall–Kier alpha value is -1.36. The summed E-state index contributed by atoms with van der Waals surface area (Å²) < 4.78 is 1.07. The predicted octanol–water partition coefficient (Wildman–Crippen LogP) is 4.07. The molecule has 0 aromatic heterocycles. The summed E-state index contributed by atoms with van der Waals surface area (Å²) in [7, 11) is 0. The van der Waals surface area contributed by atoms with Crippen molar-refractivity contribution in [1.82, 2.24) is 10.6 Å². The second kappa shape index (κ2) is 9.03. The van der Waals surface area contributed by atoms with Crippen molar-refractivity contribution in [3.63, 3.8) is 0 Å². The van der Waals surface area contributed by atoms with Gasteiger partial charge in [-0.05, 0) is 49.3 Å². The lowest BCUT2D eigenvalue weighted by atomic mass is 9.64. The first kappa shape index (κ1) is 19.4. The van der Waals surface area contributed by atoms with E-state index in [1.165, 1.54) is 31.2 Å². The molecule has 0 aliphatic heterocycles. The van der Waals surface area contributed by atoms with Crippen molar-refractivity contribution in [2.24, 2.45) is 5.92 Å². The second-order valence-corrected chi connectivity index (χ2v) is 8.82. The fraction of sp³-hybridized carbons (Fsp3) is 0.619. The second-order valence-electron chi connectivity index (χ2n) is 7.91. The molecule has 142 valence electrons. The summed E-state index contributed by atoms with van der Waals surface area (Å²) in [6.07, 6.45) is 10.0. The number of benzene rings is 1. The third kappa shape index (κ3) is 5.09. The van der Waals surface area contributed by atoms with Crippen molar-refractivity contribution in [1.29, 1.82) is 0 Å². The molecule has 2 aliphatic rings. The van der Waals surface area contributed by atoms with Crippen LogP contribution in [0.4, 0.5) is 0 Å². The van der Waals surface area contributed by atoms with Crippen LogP contribution in [-0.2, 0) is 15.0 Å². The minimum absolute atomic E-state index is 0.0115. The highest BCUT2D eigenvalue weighted by molar-refractivity contribution is 9.10. The molecule has 2 aliphatic carbocycles. The van der Waals surface area contributed by atoms with Crippen LogP contribution in [0.2, 0.25) is 0 Å². The van der Waals surface area contributed by atoms with Crippen LogP contribution in [0.15, 0.2) is 28.7 Å². The van der Waals surface area contributed by atoms with Crippen molar-refractivity contribution < 1.29 is 9.59 Å². The number of hydrogen-bond acceptors (Lipinski definition) is 2. The molecule has 26 heavy (non-hydrogen) atoms. The Labute approximate surface area is 164 Å². The zero-order valence-corrected chi connectivity index (χ0v) is 16.9. The van der Waals surface area contributed by atoms with E-state index in [9.17, 15) is 9.59 Å². The van der Waals surface area contributed by atoms with E-state index in [4.69, 9.17) is 0 Å². The fourth-order valence-electron chi connectivity index (χ4n) is 4.22. The van der Waals surface area contributed by atoms with E-state index in [1.54, 1.807) is 0 Å². The van der Waals surface area contributed by atoms with E-state index in [0.717, 1.165) is 30.2 Å². The summed E-state index contributed by atoms with van der Waals surface area (Å²) in [6, 6.07) is 8.36. The van der Waals surface area contributed by atoms with Crippen LogP contribution in [0.25, 0.3) is 0 Å². The lowest BCUT2D eigenvalue weighted by Gasteiger charge is -2.42. The van der Waals surface area contributed by atoms with E-state index in [-0.39, 0.29) is 23.8 Å². The molecule has 5 heteroatoms. The third-order valence-electron chi connectivity index (χ3n) is 6.02. The SMILES string of the molecule is O=C(CNC(=O)CC1CCCCC1)NCC1(c2cccc(Br)c2)CCC1. The van der Waals surface area contributed by atoms with Gasteiger partial charge in [0.15, 0.2) is 0 Å². The van der Waals surface area contributed by atoms with E-state index in [0.29, 0.717) is 18.9 Å². The highest BCUT2D eigenvalue weighted by atomic mass is 79.9. The smallest absolute Gasteiger partial charge is 0.239 e. The minimum Gasteiger partial charge on any atom is -0.354 e. The largest absolute Gasteiger partial charge is 0.354 e. The molecule has 1 aromatic rings. The maximum absolute atomic E-state index is 12.2. The molecule has 1 aromatic carbocycles. The van der Waals surface area contributed by atoms with Crippen molar-refractivity contribution in [3.8, 4) is 0 Å². The van der Waals surface area contributed by atoms with Gasteiger partial charge < -0.3 is 10.6 Å². The van der Waals surface area contributed by atoms with E-state index in [2.05, 4.69) is 38.7 Å². The van der Waals surface area contributed by atoms with Gasteiger partial charge in [0.05, 0.1) is 6.54 Å². The molecule has 3 rings (SSSR count). The number of amides is 2. The molecular weight excluding hydrogens is 392 g/mol. The molecule has 2 amide bonds. The van der Waals surface area contributed by atoms with Crippen LogP contribution in [-0.4, -0.2) is 24.9 Å². The van der Waals surface area contributed by atoms with Crippen LogP contribution < -0.4 is 10.6 Å². The molecule has 0 atom stereocenters. The maximum Gasteiger partial charge on any atom is 0.239 e.